The predicted octanol–water partition coefficient (Wildman–Crippen LogP) is 3.82. The first-order valence-corrected chi connectivity index (χ1v) is 7.35. The van der Waals surface area contributed by atoms with Crippen molar-refractivity contribution in [1.29, 1.82) is 0 Å². The number of para-hydroxylation sites is 1. The average Bonchev–Trinajstić information content (AvgIpc) is 2.55. The van der Waals surface area contributed by atoms with Gasteiger partial charge in [0, 0.05) is 6.20 Å². The number of halogens is 4. The number of nitrogens with one attached hydrogen (secondary N) is 1. The lowest BCUT2D eigenvalue weighted by Gasteiger charge is -2.10. The summed E-state index contributed by atoms with van der Waals surface area (Å²) >= 11 is 5.70. The molecule has 0 spiro atoms. The second-order valence-corrected chi connectivity index (χ2v) is 5.52. The summed E-state index contributed by atoms with van der Waals surface area (Å²) in [7, 11) is 0. The van der Waals surface area contributed by atoms with Crippen LogP contribution in [-0.2, 0) is 6.18 Å². The molecule has 0 fully saturated rings. The Kier molecular flexibility index (Phi) is 4.33. The molecule has 1 amide bonds. The molecule has 0 unspecified atom stereocenters. The van der Waals surface area contributed by atoms with Gasteiger partial charge in [-0.1, -0.05) is 23.7 Å². The molecule has 134 valence electrons. The number of pyridine rings is 1. The highest BCUT2D eigenvalue weighted by atomic mass is 35.5. The Bertz CT molecular complexity index is 1080. The molecule has 6 nitrogen and oxygen atoms in total. The third-order valence-electron chi connectivity index (χ3n) is 3.41. The van der Waals surface area contributed by atoms with Crippen molar-refractivity contribution in [3.63, 3.8) is 0 Å². The number of alkyl halides is 3. The van der Waals surface area contributed by atoms with Crippen LogP contribution < -0.4 is 10.9 Å². The standard InChI is InChI=1S/C16H8ClF3N2O4/c17-9-5-7(16(18,19)20)6-21-13(9)22-14(24)11-12(23)8-3-1-2-4-10(8)26-15(11)25/h1-6,23H,(H,21,22,24). The van der Waals surface area contributed by atoms with E-state index in [9.17, 15) is 27.9 Å². The molecule has 2 N–H and O–H groups in total. The molecular formula is C16H8ClF3N2O4. The van der Waals surface area contributed by atoms with Crippen molar-refractivity contribution in [2.75, 3.05) is 5.32 Å². The third kappa shape index (κ3) is 3.21. The lowest BCUT2D eigenvalue weighted by Crippen LogP contribution is -2.22. The van der Waals surface area contributed by atoms with E-state index in [0.717, 1.165) is 0 Å². The van der Waals surface area contributed by atoms with E-state index in [-0.39, 0.29) is 11.0 Å². The van der Waals surface area contributed by atoms with Gasteiger partial charge in [-0.25, -0.2) is 9.78 Å². The number of anilines is 1. The monoisotopic (exact) mass is 384 g/mol. The Morgan fingerprint density at radius 2 is 1.96 bits per heavy atom. The van der Waals surface area contributed by atoms with Crippen molar-refractivity contribution in [3.05, 3.63) is 63.1 Å². The molecule has 2 aromatic heterocycles. The molecule has 0 atom stereocenters. The van der Waals surface area contributed by atoms with Gasteiger partial charge in [-0.3, -0.25) is 4.79 Å². The molecule has 0 saturated heterocycles. The van der Waals surface area contributed by atoms with E-state index in [2.05, 4.69) is 10.3 Å². The highest BCUT2D eigenvalue weighted by Gasteiger charge is 2.32. The first kappa shape index (κ1) is 17.7. The summed E-state index contributed by atoms with van der Waals surface area (Å²) in [6, 6.07) is 6.54. The number of amides is 1. The van der Waals surface area contributed by atoms with E-state index in [0.29, 0.717) is 12.3 Å². The van der Waals surface area contributed by atoms with Gasteiger partial charge in [0.2, 0.25) is 0 Å². The minimum atomic E-state index is -4.66. The number of rotatable bonds is 2. The Morgan fingerprint density at radius 1 is 1.27 bits per heavy atom. The predicted molar refractivity (Wildman–Crippen MR) is 86.4 cm³/mol. The Labute approximate surface area is 147 Å². The quantitative estimate of drug-likeness (QED) is 0.655. The molecule has 3 aromatic rings. The van der Waals surface area contributed by atoms with Gasteiger partial charge in [-0.15, -0.1) is 0 Å². The van der Waals surface area contributed by atoms with Crippen molar-refractivity contribution in [2.24, 2.45) is 0 Å². The number of aromatic nitrogens is 1. The van der Waals surface area contributed by atoms with Gasteiger partial charge in [0.15, 0.2) is 11.4 Å². The summed E-state index contributed by atoms with van der Waals surface area (Å²) in [6.07, 6.45) is -4.18. The fourth-order valence-electron chi connectivity index (χ4n) is 2.19. The van der Waals surface area contributed by atoms with Crippen molar-refractivity contribution in [1.82, 2.24) is 4.98 Å². The van der Waals surface area contributed by atoms with Gasteiger partial charge in [-0.05, 0) is 18.2 Å². The lowest BCUT2D eigenvalue weighted by atomic mass is 10.1. The minimum Gasteiger partial charge on any atom is -0.506 e. The Balaban J connectivity index is 1.99. The van der Waals surface area contributed by atoms with Crippen LogP contribution in [0.15, 0.2) is 45.7 Å². The Hall–Kier alpha value is -3.07. The number of carbonyl (C=O) groups excluding carboxylic acids is 1. The molecule has 0 aliphatic rings. The molecule has 0 bridgehead atoms. The van der Waals surface area contributed by atoms with Crippen molar-refractivity contribution < 1.29 is 27.5 Å². The molecular weight excluding hydrogens is 377 g/mol. The molecule has 3 rings (SSSR count). The number of nitrogens with zero attached hydrogens (tertiary/aromatic N) is 1. The highest BCUT2D eigenvalue weighted by molar-refractivity contribution is 6.33. The number of hydrogen-bond acceptors (Lipinski definition) is 5. The second kappa shape index (κ2) is 6.34. The largest absolute Gasteiger partial charge is 0.506 e. The van der Waals surface area contributed by atoms with Gasteiger partial charge in [0.25, 0.3) is 5.91 Å². The third-order valence-corrected chi connectivity index (χ3v) is 3.70. The number of aromatic hydroxyl groups is 1. The molecule has 0 aliphatic heterocycles. The summed E-state index contributed by atoms with van der Waals surface area (Å²) < 4.78 is 42.8. The number of fused-ring (bicyclic) bond motifs is 1. The van der Waals surface area contributed by atoms with Crippen LogP contribution in [0.1, 0.15) is 15.9 Å². The first-order chi connectivity index (χ1) is 12.2. The molecule has 0 radical (unpaired) electrons. The lowest BCUT2D eigenvalue weighted by molar-refractivity contribution is -0.137. The molecule has 0 aliphatic carbocycles. The topological polar surface area (TPSA) is 92.4 Å². The summed E-state index contributed by atoms with van der Waals surface area (Å²) in [5.74, 6) is -2.16. The van der Waals surface area contributed by atoms with E-state index in [1.165, 1.54) is 12.1 Å². The van der Waals surface area contributed by atoms with Crippen LogP contribution in [0.2, 0.25) is 5.02 Å². The van der Waals surface area contributed by atoms with Crippen LogP contribution >= 0.6 is 11.6 Å². The van der Waals surface area contributed by atoms with E-state index in [4.69, 9.17) is 16.0 Å². The fourth-order valence-corrected chi connectivity index (χ4v) is 2.40. The van der Waals surface area contributed by atoms with Crippen molar-refractivity contribution in [2.45, 2.75) is 6.18 Å². The number of benzene rings is 1. The second-order valence-electron chi connectivity index (χ2n) is 5.12. The summed E-state index contributed by atoms with van der Waals surface area (Å²) in [5, 5.41) is 11.9. The normalized spacial score (nSPS) is 11.5. The molecule has 2 heterocycles. The van der Waals surface area contributed by atoms with E-state index < -0.39 is 45.4 Å². The van der Waals surface area contributed by atoms with Gasteiger partial charge in [-0.2, -0.15) is 13.2 Å². The zero-order chi connectivity index (χ0) is 19.1. The summed E-state index contributed by atoms with van der Waals surface area (Å²) in [4.78, 5) is 27.7. The fraction of sp³-hybridized carbons (Fsp3) is 0.0625. The van der Waals surface area contributed by atoms with Gasteiger partial charge in [0.05, 0.1) is 16.0 Å². The molecule has 0 saturated carbocycles. The van der Waals surface area contributed by atoms with Gasteiger partial charge < -0.3 is 14.8 Å². The maximum Gasteiger partial charge on any atom is 0.417 e. The minimum absolute atomic E-state index is 0.0669. The summed E-state index contributed by atoms with van der Waals surface area (Å²) in [5.41, 5.74) is -2.88. The zero-order valence-electron chi connectivity index (χ0n) is 12.6. The van der Waals surface area contributed by atoms with Gasteiger partial charge in [0.1, 0.15) is 11.3 Å². The van der Waals surface area contributed by atoms with Crippen LogP contribution in [0.25, 0.3) is 11.0 Å². The van der Waals surface area contributed by atoms with Crippen LogP contribution in [0.4, 0.5) is 19.0 Å². The average molecular weight is 385 g/mol. The summed E-state index contributed by atoms with van der Waals surface area (Å²) in [6.45, 7) is 0. The Morgan fingerprint density at radius 3 is 2.62 bits per heavy atom. The number of hydrogen-bond donors (Lipinski definition) is 2. The van der Waals surface area contributed by atoms with Gasteiger partial charge >= 0.3 is 11.8 Å². The highest BCUT2D eigenvalue weighted by Crippen LogP contribution is 2.33. The first-order valence-electron chi connectivity index (χ1n) is 6.97. The number of carbonyl (C=O) groups is 1. The van der Waals surface area contributed by atoms with E-state index >= 15 is 0 Å². The SMILES string of the molecule is O=C(Nc1ncc(C(F)(F)F)cc1Cl)c1c(O)c2ccccc2oc1=O. The van der Waals surface area contributed by atoms with Crippen LogP contribution in [0.3, 0.4) is 0 Å². The molecule has 10 heteroatoms. The molecule has 1 aromatic carbocycles. The van der Waals surface area contributed by atoms with Crippen molar-refractivity contribution in [3.8, 4) is 5.75 Å². The smallest absolute Gasteiger partial charge is 0.417 e. The maximum atomic E-state index is 12.6. The molecule has 26 heavy (non-hydrogen) atoms. The van der Waals surface area contributed by atoms with Crippen LogP contribution in [0, 0.1) is 0 Å². The van der Waals surface area contributed by atoms with Crippen LogP contribution in [-0.4, -0.2) is 16.0 Å². The maximum absolute atomic E-state index is 12.6. The van der Waals surface area contributed by atoms with E-state index in [1.54, 1.807) is 12.1 Å². The zero-order valence-corrected chi connectivity index (χ0v) is 13.4. The van der Waals surface area contributed by atoms with Crippen molar-refractivity contribution >= 4 is 34.3 Å². The van der Waals surface area contributed by atoms with Crippen LogP contribution in [0.5, 0.6) is 5.75 Å². The van der Waals surface area contributed by atoms with E-state index in [1.807, 2.05) is 0 Å².